The van der Waals surface area contributed by atoms with Crippen LogP contribution in [0.5, 0.6) is 0 Å². The molecule has 3 rings (SSSR count). The highest BCUT2D eigenvalue weighted by Gasteiger charge is 2.37. The summed E-state index contributed by atoms with van der Waals surface area (Å²) >= 11 is 5.92. The lowest BCUT2D eigenvalue weighted by molar-refractivity contribution is -0.157. The van der Waals surface area contributed by atoms with Gasteiger partial charge < -0.3 is 15.0 Å². The van der Waals surface area contributed by atoms with Gasteiger partial charge in [-0.3, -0.25) is 14.4 Å². The van der Waals surface area contributed by atoms with Crippen LogP contribution >= 0.6 is 11.6 Å². The maximum Gasteiger partial charge on any atom is 0.312 e. The van der Waals surface area contributed by atoms with E-state index >= 15 is 0 Å². The summed E-state index contributed by atoms with van der Waals surface area (Å²) in [5.41, 5.74) is 3.19. The molecule has 2 heterocycles. The first-order valence-corrected chi connectivity index (χ1v) is 9.64. The molecule has 29 heavy (non-hydrogen) atoms. The number of ether oxygens (including phenoxy) is 1. The van der Waals surface area contributed by atoms with E-state index in [4.69, 9.17) is 16.3 Å². The van der Waals surface area contributed by atoms with Gasteiger partial charge in [-0.05, 0) is 50.1 Å². The number of aryl methyl sites for hydroxylation is 1. The Morgan fingerprint density at radius 1 is 1.28 bits per heavy atom. The minimum Gasteiger partial charge on any atom is -0.452 e. The average Bonchev–Trinajstić information content (AvgIpc) is 3.07. The number of esters is 1. The predicted octanol–water partition coefficient (Wildman–Crippen LogP) is 3.28. The van der Waals surface area contributed by atoms with Crippen LogP contribution < -0.4 is 10.2 Å². The number of carbonyl (C=O) groups excluding carboxylic acids is 3. The summed E-state index contributed by atoms with van der Waals surface area (Å²) < 4.78 is 5.30. The zero-order valence-electron chi connectivity index (χ0n) is 16.4. The van der Waals surface area contributed by atoms with Gasteiger partial charge in [-0.1, -0.05) is 23.7 Å². The quantitative estimate of drug-likeness (QED) is 0.598. The molecule has 0 spiro atoms. The van der Waals surface area contributed by atoms with Gasteiger partial charge in [0.15, 0.2) is 11.3 Å². The van der Waals surface area contributed by atoms with Crippen LogP contribution in [0.25, 0.3) is 0 Å². The second-order valence-electron chi connectivity index (χ2n) is 7.03. The Balaban J connectivity index is 1.62. The maximum absolute atomic E-state index is 12.5. The minimum atomic E-state index is -1.04. The van der Waals surface area contributed by atoms with Gasteiger partial charge in [-0.2, -0.15) is 0 Å². The minimum absolute atomic E-state index is 0.0506. The lowest BCUT2D eigenvalue weighted by Crippen LogP contribution is -2.33. The summed E-state index contributed by atoms with van der Waals surface area (Å²) in [6.45, 7) is 5.61. The average molecular weight is 416 g/mol. The molecule has 7 nitrogen and oxygen atoms in total. The molecule has 2 aromatic rings. The molecule has 1 aromatic heterocycles. The van der Waals surface area contributed by atoms with E-state index in [2.05, 4.69) is 10.3 Å². The Labute approximate surface area is 174 Å². The monoisotopic (exact) mass is 415 g/mol. The first-order chi connectivity index (χ1) is 13.8. The Morgan fingerprint density at radius 3 is 2.76 bits per heavy atom. The molecule has 0 unspecified atom stereocenters. The molecule has 1 aliphatic rings. The summed E-state index contributed by atoms with van der Waals surface area (Å²) in [6.07, 6.45) is 0.513. The molecule has 0 radical (unpaired) electrons. The van der Waals surface area contributed by atoms with Gasteiger partial charge in [0.25, 0.3) is 5.91 Å². The zero-order chi connectivity index (χ0) is 21.1. The Kier molecular flexibility index (Phi) is 6.17. The fraction of sp³-hybridized carbons (Fsp3) is 0.333. The molecular weight excluding hydrogens is 394 g/mol. The molecule has 0 bridgehead atoms. The third-order valence-corrected chi connectivity index (χ3v) is 5.31. The molecule has 8 heteroatoms. The van der Waals surface area contributed by atoms with E-state index in [-0.39, 0.29) is 24.0 Å². The van der Waals surface area contributed by atoms with Crippen molar-refractivity contribution in [2.24, 2.45) is 5.92 Å². The molecular formula is C21H22ClN3O4. The highest BCUT2D eigenvalue weighted by Crippen LogP contribution is 2.30. The number of nitrogens with zero attached hydrogens (tertiary/aromatic N) is 2. The number of anilines is 2. The van der Waals surface area contributed by atoms with Gasteiger partial charge in [0, 0.05) is 24.8 Å². The number of nitrogens with one attached hydrogen (secondary N) is 1. The van der Waals surface area contributed by atoms with Crippen molar-refractivity contribution in [2.45, 2.75) is 33.3 Å². The van der Waals surface area contributed by atoms with E-state index < -0.39 is 23.9 Å². The SMILES string of the molecule is Cc1cccc(N2C[C@@H](C(=O)O[C@H](C)C(=O)Nc3cccnc3Cl)CC2=O)c1C. The molecule has 1 N–H and O–H groups in total. The van der Waals surface area contributed by atoms with E-state index in [9.17, 15) is 14.4 Å². The number of halogens is 1. The van der Waals surface area contributed by atoms with Crippen molar-refractivity contribution < 1.29 is 19.1 Å². The molecule has 1 aromatic carbocycles. The van der Waals surface area contributed by atoms with Crippen molar-refractivity contribution in [3.8, 4) is 0 Å². The predicted molar refractivity (Wildman–Crippen MR) is 110 cm³/mol. The van der Waals surface area contributed by atoms with Crippen LogP contribution in [0.1, 0.15) is 24.5 Å². The zero-order valence-corrected chi connectivity index (χ0v) is 17.2. The van der Waals surface area contributed by atoms with Crippen LogP contribution in [0.4, 0.5) is 11.4 Å². The van der Waals surface area contributed by atoms with Crippen molar-refractivity contribution in [1.82, 2.24) is 4.98 Å². The van der Waals surface area contributed by atoms with Gasteiger partial charge in [0.1, 0.15) is 0 Å². The number of hydrogen-bond acceptors (Lipinski definition) is 5. The third-order valence-electron chi connectivity index (χ3n) is 5.00. The largest absolute Gasteiger partial charge is 0.452 e. The Hall–Kier alpha value is -2.93. The maximum atomic E-state index is 12.5. The van der Waals surface area contributed by atoms with E-state index in [1.54, 1.807) is 17.0 Å². The van der Waals surface area contributed by atoms with Crippen molar-refractivity contribution in [1.29, 1.82) is 0 Å². The number of benzene rings is 1. The molecule has 152 valence electrons. The number of rotatable bonds is 5. The summed E-state index contributed by atoms with van der Waals surface area (Å²) in [4.78, 5) is 42.8. The highest BCUT2D eigenvalue weighted by atomic mass is 35.5. The van der Waals surface area contributed by atoms with Crippen LogP contribution in [0, 0.1) is 19.8 Å². The molecule has 0 aliphatic carbocycles. The second kappa shape index (κ2) is 8.61. The van der Waals surface area contributed by atoms with E-state index in [1.807, 2.05) is 32.0 Å². The Morgan fingerprint density at radius 2 is 2.03 bits per heavy atom. The topological polar surface area (TPSA) is 88.6 Å². The number of pyridine rings is 1. The van der Waals surface area contributed by atoms with Gasteiger partial charge in [-0.25, -0.2) is 4.98 Å². The van der Waals surface area contributed by atoms with Crippen molar-refractivity contribution in [3.63, 3.8) is 0 Å². The number of hydrogen-bond donors (Lipinski definition) is 1. The molecule has 2 amide bonds. The van der Waals surface area contributed by atoms with E-state index in [0.29, 0.717) is 5.69 Å². The Bertz CT molecular complexity index is 963. The summed E-state index contributed by atoms with van der Waals surface area (Å²) in [5, 5.41) is 2.72. The summed E-state index contributed by atoms with van der Waals surface area (Å²) in [7, 11) is 0. The third kappa shape index (κ3) is 4.56. The van der Waals surface area contributed by atoms with Gasteiger partial charge in [-0.15, -0.1) is 0 Å². The van der Waals surface area contributed by atoms with Crippen LogP contribution in [-0.2, 0) is 19.1 Å². The van der Waals surface area contributed by atoms with Crippen LogP contribution in [0.2, 0.25) is 5.15 Å². The lowest BCUT2D eigenvalue weighted by atomic mass is 10.1. The number of aromatic nitrogens is 1. The number of carbonyl (C=O) groups is 3. The van der Waals surface area contributed by atoms with Gasteiger partial charge in [0.05, 0.1) is 11.6 Å². The molecule has 1 fully saturated rings. The number of amides is 2. The molecule has 0 saturated carbocycles. The lowest BCUT2D eigenvalue weighted by Gasteiger charge is -2.20. The van der Waals surface area contributed by atoms with Crippen LogP contribution in [-0.4, -0.2) is 35.4 Å². The molecule has 2 atom stereocenters. The van der Waals surface area contributed by atoms with Gasteiger partial charge >= 0.3 is 5.97 Å². The smallest absolute Gasteiger partial charge is 0.312 e. The van der Waals surface area contributed by atoms with Crippen molar-refractivity contribution >= 4 is 40.8 Å². The van der Waals surface area contributed by atoms with Crippen LogP contribution in [0.15, 0.2) is 36.5 Å². The molecule has 1 saturated heterocycles. The highest BCUT2D eigenvalue weighted by molar-refractivity contribution is 6.32. The first kappa shape index (κ1) is 20.8. The molecule has 1 aliphatic heterocycles. The second-order valence-corrected chi connectivity index (χ2v) is 7.39. The summed E-state index contributed by atoms with van der Waals surface area (Å²) in [6, 6.07) is 8.94. The standard InChI is InChI=1S/C21H22ClN3O4/c1-12-6-4-8-17(13(12)2)25-11-15(10-18(25)26)21(28)29-14(3)20(27)24-16-7-5-9-23-19(16)22/h4-9,14-15H,10-11H2,1-3H3,(H,24,27)/t14-,15+/m1/s1. The normalized spacial score (nSPS) is 17.2. The fourth-order valence-electron chi connectivity index (χ4n) is 3.16. The van der Waals surface area contributed by atoms with Gasteiger partial charge in [0.2, 0.25) is 5.91 Å². The van der Waals surface area contributed by atoms with E-state index in [1.165, 1.54) is 13.1 Å². The fourth-order valence-corrected chi connectivity index (χ4v) is 3.33. The van der Waals surface area contributed by atoms with Crippen molar-refractivity contribution in [2.75, 3.05) is 16.8 Å². The van der Waals surface area contributed by atoms with Crippen LogP contribution in [0.3, 0.4) is 0 Å². The van der Waals surface area contributed by atoms with E-state index in [0.717, 1.165) is 16.8 Å². The summed E-state index contributed by atoms with van der Waals surface area (Å²) in [5.74, 6) is -1.87. The van der Waals surface area contributed by atoms with Crippen molar-refractivity contribution in [3.05, 3.63) is 52.8 Å². The first-order valence-electron chi connectivity index (χ1n) is 9.26.